The van der Waals surface area contributed by atoms with Crippen molar-refractivity contribution in [3.05, 3.63) is 35.9 Å². The Morgan fingerprint density at radius 1 is 1.19 bits per heavy atom. The van der Waals surface area contributed by atoms with E-state index in [4.69, 9.17) is 5.11 Å². The van der Waals surface area contributed by atoms with Crippen molar-refractivity contribution in [3.8, 4) is 0 Å². The minimum absolute atomic E-state index is 0.131. The molecule has 0 bridgehead atoms. The topological polar surface area (TPSA) is 23.5 Å². The predicted molar refractivity (Wildman–Crippen MR) is 68.7 cm³/mol. The third-order valence-electron chi connectivity index (χ3n) is 3.04. The molecule has 1 aromatic rings. The van der Waals surface area contributed by atoms with Crippen molar-refractivity contribution in [1.82, 2.24) is 4.90 Å². The van der Waals surface area contributed by atoms with Crippen LogP contribution in [-0.4, -0.2) is 36.2 Å². The van der Waals surface area contributed by atoms with Crippen molar-refractivity contribution in [2.24, 2.45) is 0 Å². The lowest BCUT2D eigenvalue weighted by Crippen LogP contribution is -2.38. The van der Waals surface area contributed by atoms with Gasteiger partial charge in [0, 0.05) is 18.5 Å². The van der Waals surface area contributed by atoms with Crippen LogP contribution in [0.5, 0.6) is 0 Å². The van der Waals surface area contributed by atoms with E-state index in [1.54, 1.807) is 0 Å². The maximum Gasteiger partial charge on any atom is 0.0558 e. The summed E-state index contributed by atoms with van der Waals surface area (Å²) in [6.45, 7) is 9.60. The number of hydrogen-bond acceptors (Lipinski definition) is 2. The van der Waals surface area contributed by atoms with Crippen LogP contribution in [-0.2, 0) is 5.41 Å². The highest BCUT2D eigenvalue weighted by Crippen LogP contribution is 2.23. The highest BCUT2D eigenvalue weighted by molar-refractivity contribution is 5.23. The zero-order valence-corrected chi connectivity index (χ0v) is 10.6. The Labute approximate surface area is 98.9 Å². The molecule has 0 saturated heterocycles. The molecule has 90 valence electrons. The van der Waals surface area contributed by atoms with E-state index in [0.717, 1.165) is 19.6 Å². The fraction of sp³-hybridized carbons (Fsp3) is 0.571. The standard InChI is InChI=1S/C14H23NO/c1-4-15(10-11-16)12-14(2,3)13-8-6-5-7-9-13/h5-9,16H,4,10-12H2,1-3H3. The molecule has 0 aliphatic heterocycles. The first-order valence-electron chi connectivity index (χ1n) is 5.99. The van der Waals surface area contributed by atoms with Crippen LogP contribution >= 0.6 is 0 Å². The number of benzene rings is 1. The first-order valence-corrected chi connectivity index (χ1v) is 5.99. The molecule has 0 atom stereocenters. The molecule has 0 radical (unpaired) electrons. The van der Waals surface area contributed by atoms with E-state index in [1.165, 1.54) is 5.56 Å². The van der Waals surface area contributed by atoms with Crippen LogP contribution in [0.4, 0.5) is 0 Å². The van der Waals surface area contributed by atoms with Crippen LogP contribution in [0.3, 0.4) is 0 Å². The fourth-order valence-corrected chi connectivity index (χ4v) is 2.03. The van der Waals surface area contributed by atoms with Gasteiger partial charge in [0.15, 0.2) is 0 Å². The Morgan fingerprint density at radius 3 is 2.31 bits per heavy atom. The lowest BCUT2D eigenvalue weighted by molar-refractivity contribution is 0.177. The molecule has 0 amide bonds. The highest BCUT2D eigenvalue weighted by Gasteiger charge is 2.22. The number of nitrogens with zero attached hydrogens (tertiary/aromatic N) is 1. The van der Waals surface area contributed by atoms with E-state index in [9.17, 15) is 0 Å². The molecule has 16 heavy (non-hydrogen) atoms. The zero-order valence-electron chi connectivity index (χ0n) is 10.6. The summed E-state index contributed by atoms with van der Waals surface area (Å²) in [4.78, 5) is 2.28. The summed E-state index contributed by atoms with van der Waals surface area (Å²) in [6.07, 6.45) is 0. The molecule has 0 unspecified atom stereocenters. The van der Waals surface area contributed by atoms with Gasteiger partial charge in [-0.1, -0.05) is 51.1 Å². The summed E-state index contributed by atoms with van der Waals surface area (Å²) in [5.41, 5.74) is 1.48. The number of rotatable bonds is 6. The summed E-state index contributed by atoms with van der Waals surface area (Å²) < 4.78 is 0. The maximum atomic E-state index is 8.99. The van der Waals surface area contributed by atoms with E-state index in [1.807, 2.05) is 6.07 Å². The largest absolute Gasteiger partial charge is 0.395 e. The second-order valence-corrected chi connectivity index (χ2v) is 4.84. The van der Waals surface area contributed by atoms with Crippen LogP contribution in [0.2, 0.25) is 0 Å². The predicted octanol–water partition coefficient (Wildman–Crippen LogP) is 2.28. The Morgan fingerprint density at radius 2 is 1.81 bits per heavy atom. The number of aliphatic hydroxyl groups is 1. The molecule has 1 aromatic carbocycles. The van der Waals surface area contributed by atoms with Crippen molar-refractivity contribution < 1.29 is 5.11 Å². The molecule has 1 rings (SSSR count). The maximum absolute atomic E-state index is 8.99. The molecule has 0 fully saturated rings. The van der Waals surface area contributed by atoms with Crippen LogP contribution in [0.25, 0.3) is 0 Å². The second-order valence-electron chi connectivity index (χ2n) is 4.84. The molecule has 1 N–H and O–H groups in total. The molecular formula is C14H23NO. The smallest absolute Gasteiger partial charge is 0.0558 e. The van der Waals surface area contributed by atoms with Crippen molar-refractivity contribution in [2.75, 3.05) is 26.2 Å². The molecule has 0 aliphatic rings. The Kier molecular flexibility index (Phi) is 4.97. The molecule has 0 aromatic heterocycles. The first kappa shape index (κ1) is 13.2. The van der Waals surface area contributed by atoms with Gasteiger partial charge >= 0.3 is 0 Å². The van der Waals surface area contributed by atoms with Crippen molar-refractivity contribution in [3.63, 3.8) is 0 Å². The quantitative estimate of drug-likeness (QED) is 0.796. The lowest BCUT2D eigenvalue weighted by atomic mass is 9.84. The summed E-state index contributed by atoms with van der Waals surface area (Å²) in [5, 5.41) is 8.99. The van der Waals surface area contributed by atoms with Crippen molar-refractivity contribution in [2.45, 2.75) is 26.2 Å². The Balaban J connectivity index is 2.70. The highest BCUT2D eigenvalue weighted by atomic mass is 16.3. The Hall–Kier alpha value is -0.860. The number of hydrogen-bond donors (Lipinski definition) is 1. The van der Waals surface area contributed by atoms with E-state index in [-0.39, 0.29) is 12.0 Å². The summed E-state index contributed by atoms with van der Waals surface area (Å²) in [5.74, 6) is 0. The minimum atomic E-state index is 0.131. The van der Waals surface area contributed by atoms with Crippen molar-refractivity contribution >= 4 is 0 Å². The third-order valence-corrected chi connectivity index (χ3v) is 3.04. The van der Waals surface area contributed by atoms with Gasteiger partial charge in [-0.25, -0.2) is 0 Å². The van der Waals surface area contributed by atoms with Gasteiger partial charge in [0.05, 0.1) is 6.61 Å². The number of aliphatic hydroxyl groups excluding tert-OH is 1. The molecule has 0 saturated carbocycles. The number of likely N-dealkylation sites (N-methyl/N-ethyl adjacent to an activating group) is 1. The van der Waals surface area contributed by atoms with Gasteiger partial charge < -0.3 is 10.0 Å². The van der Waals surface area contributed by atoms with Crippen LogP contribution < -0.4 is 0 Å². The second kappa shape index (κ2) is 6.02. The molecule has 2 heteroatoms. The van der Waals surface area contributed by atoms with Gasteiger partial charge in [-0.3, -0.25) is 0 Å². The summed E-state index contributed by atoms with van der Waals surface area (Å²) >= 11 is 0. The van der Waals surface area contributed by atoms with Crippen LogP contribution in [0.15, 0.2) is 30.3 Å². The first-order chi connectivity index (χ1) is 7.60. The monoisotopic (exact) mass is 221 g/mol. The van der Waals surface area contributed by atoms with Gasteiger partial charge in [0.25, 0.3) is 0 Å². The van der Waals surface area contributed by atoms with Gasteiger partial charge in [-0.2, -0.15) is 0 Å². The average Bonchev–Trinajstić information content (AvgIpc) is 2.29. The third kappa shape index (κ3) is 3.62. The van der Waals surface area contributed by atoms with Gasteiger partial charge in [0.2, 0.25) is 0 Å². The molecule has 0 heterocycles. The van der Waals surface area contributed by atoms with E-state index in [0.29, 0.717) is 0 Å². The van der Waals surface area contributed by atoms with E-state index >= 15 is 0 Å². The molecule has 0 aliphatic carbocycles. The minimum Gasteiger partial charge on any atom is -0.395 e. The Bertz CT molecular complexity index is 295. The zero-order chi connectivity index (χ0) is 12.0. The summed E-state index contributed by atoms with van der Waals surface area (Å²) in [7, 11) is 0. The van der Waals surface area contributed by atoms with Gasteiger partial charge in [0.1, 0.15) is 0 Å². The lowest BCUT2D eigenvalue weighted by Gasteiger charge is -2.32. The van der Waals surface area contributed by atoms with Gasteiger partial charge in [-0.05, 0) is 12.1 Å². The molecule has 2 nitrogen and oxygen atoms in total. The molecular weight excluding hydrogens is 198 g/mol. The average molecular weight is 221 g/mol. The fourth-order valence-electron chi connectivity index (χ4n) is 2.03. The molecule has 0 spiro atoms. The van der Waals surface area contributed by atoms with Crippen LogP contribution in [0.1, 0.15) is 26.3 Å². The van der Waals surface area contributed by atoms with E-state index in [2.05, 4.69) is 49.9 Å². The normalized spacial score (nSPS) is 12.1. The SMILES string of the molecule is CCN(CCO)CC(C)(C)c1ccccc1. The van der Waals surface area contributed by atoms with Crippen molar-refractivity contribution in [1.29, 1.82) is 0 Å². The van der Waals surface area contributed by atoms with Gasteiger partial charge in [-0.15, -0.1) is 0 Å². The summed E-state index contributed by atoms with van der Waals surface area (Å²) in [6, 6.07) is 10.6. The van der Waals surface area contributed by atoms with Crippen LogP contribution in [0, 0.1) is 0 Å². The van der Waals surface area contributed by atoms with E-state index < -0.39 is 0 Å².